The van der Waals surface area contributed by atoms with E-state index >= 15 is 0 Å². The zero-order valence-corrected chi connectivity index (χ0v) is 12.4. The minimum atomic E-state index is -3.20. The largest absolute Gasteiger partial charge is 0.346 e. The summed E-state index contributed by atoms with van der Waals surface area (Å²) in [5.74, 6) is -3.95. The van der Waals surface area contributed by atoms with Gasteiger partial charge < -0.3 is 16.0 Å². The molecule has 1 heterocycles. The summed E-state index contributed by atoms with van der Waals surface area (Å²) in [5.41, 5.74) is 4.03. The number of carbonyl (C=O) groups excluding carboxylic acids is 1. The molecule has 0 aliphatic rings. The zero-order valence-electron chi connectivity index (χ0n) is 12.4. The molecule has 124 valence electrons. The molecule has 0 atom stereocenters. The van der Waals surface area contributed by atoms with E-state index in [-0.39, 0.29) is 23.0 Å². The lowest BCUT2D eigenvalue weighted by atomic mass is 10.1. The van der Waals surface area contributed by atoms with E-state index in [9.17, 15) is 23.2 Å². The fraction of sp³-hybridized carbons (Fsp3) is 0.357. The standard InChI is InChI=1S/C14H16F2N4O3/c1-2-20-12(22)9-4-3-8(5-10(9)19-13(20)23)11(21)18-7-14(15,16)6-17/h3-5H,2,6-7,17H2,1H3,(H,18,21)(H,19,23). The van der Waals surface area contributed by atoms with Crippen LogP contribution in [0.5, 0.6) is 0 Å². The van der Waals surface area contributed by atoms with Crippen molar-refractivity contribution in [1.29, 1.82) is 0 Å². The number of aromatic amines is 1. The topological polar surface area (TPSA) is 110 Å². The van der Waals surface area contributed by atoms with Crippen molar-refractivity contribution < 1.29 is 13.6 Å². The zero-order chi connectivity index (χ0) is 17.2. The average Bonchev–Trinajstić information content (AvgIpc) is 2.52. The van der Waals surface area contributed by atoms with E-state index in [0.717, 1.165) is 4.57 Å². The summed E-state index contributed by atoms with van der Waals surface area (Å²) in [6.45, 7) is 0.0889. The van der Waals surface area contributed by atoms with Crippen LogP contribution in [0, 0.1) is 0 Å². The number of rotatable bonds is 5. The predicted octanol–water partition coefficient (Wildman–Crippen LogP) is 0.0335. The Morgan fingerprint density at radius 1 is 1.39 bits per heavy atom. The van der Waals surface area contributed by atoms with Crippen LogP contribution in [-0.2, 0) is 6.54 Å². The van der Waals surface area contributed by atoms with Crippen molar-refractivity contribution in [1.82, 2.24) is 14.9 Å². The number of benzene rings is 1. The van der Waals surface area contributed by atoms with Crippen molar-refractivity contribution in [3.05, 3.63) is 44.6 Å². The SMILES string of the molecule is CCn1c(=O)[nH]c2cc(C(=O)NCC(F)(F)CN)ccc2c1=O. The highest BCUT2D eigenvalue weighted by Gasteiger charge is 2.27. The number of H-pyrrole nitrogens is 1. The first-order valence-electron chi connectivity index (χ1n) is 6.92. The van der Waals surface area contributed by atoms with Gasteiger partial charge in [0.05, 0.1) is 24.0 Å². The Hall–Kier alpha value is -2.55. The maximum absolute atomic E-state index is 13.0. The number of carbonyl (C=O) groups is 1. The fourth-order valence-electron chi connectivity index (χ4n) is 2.07. The lowest BCUT2D eigenvalue weighted by Gasteiger charge is -2.14. The molecule has 0 aliphatic carbocycles. The molecule has 2 aromatic rings. The maximum Gasteiger partial charge on any atom is 0.328 e. The Labute approximate surface area is 129 Å². The second-order valence-corrected chi connectivity index (χ2v) is 4.98. The third kappa shape index (κ3) is 3.45. The molecular weight excluding hydrogens is 310 g/mol. The lowest BCUT2D eigenvalue weighted by Crippen LogP contribution is -2.41. The highest BCUT2D eigenvalue weighted by Crippen LogP contribution is 2.11. The van der Waals surface area contributed by atoms with E-state index in [1.54, 1.807) is 6.92 Å². The number of nitrogens with one attached hydrogen (secondary N) is 2. The second-order valence-electron chi connectivity index (χ2n) is 4.98. The van der Waals surface area contributed by atoms with Gasteiger partial charge in [-0.05, 0) is 25.1 Å². The summed E-state index contributed by atoms with van der Waals surface area (Å²) in [6.07, 6.45) is 0. The smallest absolute Gasteiger partial charge is 0.328 e. The van der Waals surface area contributed by atoms with Crippen molar-refractivity contribution in [3.8, 4) is 0 Å². The first-order valence-corrected chi connectivity index (χ1v) is 6.92. The van der Waals surface area contributed by atoms with Crippen molar-refractivity contribution in [2.24, 2.45) is 5.73 Å². The molecule has 1 amide bonds. The molecule has 0 saturated carbocycles. The Balaban J connectivity index is 2.36. The summed E-state index contributed by atoms with van der Waals surface area (Å²) in [7, 11) is 0. The molecule has 0 fully saturated rings. The Morgan fingerprint density at radius 3 is 2.70 bits per heavy atom. The number of amides is 1. The van der Waals surface area contributed by atoms with Crippen LogP contribution in [0.1, 0.15) is 17.3 Å². The van der Waals surface area contributed by atoms with Crippen molar-refractivity contribution in [2.75, 3.05) is 13.1 Å². The van der Waals surface area contributed by atoms with Crippen molar-refractivity contribution in [2.45, 2.75) is 19.4 Å². The molecule has 7 nitrogen and oxygen atoms in total. The molecule has 4 N–H and O–H groups in total. The minimum absolute atomic E-state index is 0.0506. The normalized spacial score (nSPS) is 11.7. The molecule has 0 radical (unpaired) electrons. The molecule has 0 bridgehead atoms. The van der Waals surface area contributed by atoms with Gasteiger partial charge in [0.1, 0.15) is 0 Å². The second kappa shape index (κ2) is 6.29. The highest BCUT2D eigenvalue weighted by atomic mass is 19.3. The third-order valence-corrected chi connectivity index (χ3v) is 3.37. The molecule has 0 spiro atoms. The van der Waals surface area contributed by atoms with Crippen LogP contribution in [0.15, 0.2) is 27.8 Å². The Morgan fingerprint density at radius 2 is 2.09 bits per heavy atom. The maximum atomic E-state index is 13.0. The first-order chi connectivity index (χ1) is 10.8. The van der Waals surface area contributed by atoms with Crippen LogP contribution in [0.3, 0.4) is 0 Å². The molecule has 0 saturated heterocycles. The average molecular weight is 326 g/mol. The van der Waals surface area contributed by atoms with E-state index in [1.807, 2.05) is 0 Å². The van der Waals surface area contributed by atoms with Crippen LogP contribution < -0.4 is 22.3 Å². The molecule has 2 rings (SSSR count). The van der Waals surface area contributed by atoms with Gasteiger partial charge in [0.2, 0.25) is 0 Å². The number of aromatic nitrogens is 2. The Kier molecular flexibility index (Phi) is 4.60. The van der Waals surface area contributed by atoms with Crippen LogP contribution in [0.25, 0.3) is 10.9 Å². The summed E-state index contributed by atoms with van der Waals surface area (Å²) in [6, 6.07) is 3.97. The quantitative estimate of drug-likeness (QED) is 0.720. The number of nitrogens with two attached hydrogens (primary N) is 1. The minimum Gasteiger partial charge on any atom is -0.346 e. The number of alkyl halides is 2. The van der Waals surface area contributed by atoms with E-state index in [4.69, 9.17) is 5.73 Å². The number of hydrogen-bond acceptors (Lipinski definition) is 4. The van der Waals surface area contributed by atoms with Crippen molar-refractivity contribution >= 4 is 16.8 Å². The molecule has 23 heavy (non-hydrogen) atoms. The summed E-state index contributed by atoms with van der Waals surface area (Å²) in [5, 5.41) is 2.29. The van der Waals surface area contributed by atoms with Gasteiger partial charge in [0.15, 0.2) is 0 Å². The van der Waals surface area contributed by atoms with Gasteiger partial charge in [-0.25, -0.2) is 13.6 Å². The van der Waals surface area contributed by atoms with Gasteiger partial charge in [0.25, 0.3) is 17.4 Å². The molecular formula is C14H16F2N4O3. The molecule has 1 aromatic carbocycles. The molecule has 0 unspecified atom stereocenters. The van der Waals surface area contributed by atoms with Gasteiger partial charge in [-0.1, -0.05) is 0 Å². The highest BCUT2D eigenvalue weighted by molar-refractivity contribution is 5.97. The predicted molar refractivity (Wildman–Crippen MR) is 80.8 cm³/mol. The number of halogens is 2. The van der Waals surface area contributed by atoms with Crippen LogP contribution in [-0.4, -0.2) is 34.5 Å². The van der Waals surface area contributed by atoms with Crippen LogP contribution in [0.4, 0.5) is 8.78 Å². The number of nitrogens with zero attached hydrogens (tertiary/aromatic N) is 1. The van der Waals surface area contributed by atoms with Gasteiger partial charge in [-0.15, -0.1) is 0 Å². The van der Waals surface area contributed by atoms with E-state index < -0.39 is 36.2 Å². The molecule has 9 heteroatoms. The molecule has 0 aliphatic heterocycles. The van der Waals surface area contributed by atoms with Crippen LogP contribution in [0.2, 0.25) is 0 Å². The molecule has 1 aromatic heterocycles. The number of fused-ring (bicyclic) bond motifs is 1. The Bertz CT molecular complexity index is 857. The van der Waals surface area contributed by atoms with E-state index in [1.165, 1.54) is 18.2 Å². The lowest BCUT2D eigenvalue weighted by molar-refractivity contribution is 0.0118. The van der Waals surface area contributed by atoms with Gasteiger partial charge in [0, 0.05) is 12.1 Å². The van der Waals surface area contributed by atoms with E-state index in [0.29, 0.717) is 0 Å². The number of hydrogen-bond donors (Lipinski definition) is 3. The van der Waals surface area contributed by atoms with Gasteiger partial charge in [-0.2, -0.15) is 0 Å². The van der Waals surface area contributed by atoms with Gasteiger partial charge in [-0.3, -0.25) is 14.2 Å². The van der Waals surface area contributed by atoms with Crippen LogP contribution >= 0.6 is 0 Å². The fourth-order valence-corrected chi connectivity index (χ4v) is 2.07. The summed E-state index contributed by atoms with van der Waals surface area (Å²) < 4.78 is 27.1. The monoisotopic (exact) mass is 326 g/mol. The van der Waals surface area contributed by atoms with Gasteiger partial charge >= 0.3 is 5.69 Å². The third-order valence-electron chi connectivity index (χ3n) is 3.37. The first kappa shape index (κ1) is 16.8. The van der Waals surface area contributed by atoms with Crippen molar-refractivity contribution in [3.63, 3.8) is 0 Å². The summed E-state index contributed by atoms with van der Waals surface area (Å²) in [4.78, 5) is 38.2. The summed E-state index contributed by atoms with van der Waals surface area (Å²) >= 11 is 0. The van der Waals surface area contributed by atoms with E-state index in [2.05, 4.69) is 10.3 Å².